The molecule has 1 amide bonds. The summed E-state index contributed by atoms with van der Waals surface area (Å²) in [5.74, 6) is 0.973. The highest BCUT2D eigenvalue weighted by atomic mass is 32.1. The zero-order chi connectivity index (χ0) is 20.3. The molecule has 2 fully saturated rings. The molecule has 1 N–H and O–H groups in total. The van der Waals surface area contributed by atoms with Crippen LogP contribution in [0.4, 0.5) is 5.69 Å². The number of amides is 1. The van der Waals surface area contributed by atoms with Crippen LogP contribution in [0.5, 0.6) is 0 Å². The minimum absolute atomic E-state index is 0.211. The molecule has 1 aliphatic carbocycles. The predicted molar refractivity (Wildman–Crippen MR) is 120 cm³/mol. The van der Waals surface area contributed by atoms with Crippen molar-refractivity contribution in [2.75, 3.05) is 44.2 Å². The second kappa shape index (κ2) is 8.73. The van der Waals surface area contributed by atoms with Gasteiger partial charge in [-0.3, -0.25) is 9.69 Å². The van der Waals surface area contributed by atoms with Gasteiger partial charge in [0.05, 0.1) is 12.0 Å². The number of nitrogens with zero attached hydrogens (tertiary/aromatic N) is 5. The summed E-state index contributed by atoms with van der Waals surface area (Å²) in [5, 5.41) is 6.62. The first-order valence-electron chi connectivity index (χ1n) is 10.8. The molecule has 1 unspecified atom stereocenters. The van der Waals surface area contributed by atoms with Crippen molar-refractivity contribution < 1.29 is 4.79 Å². The van der Waals surface area contributed by atoms with Gasteiger partial charge in [-0.1, -0.05) is 0 Å². The molecule has 2 aliphatic rings. The third kappa shape index (κ3) is 4.34. The van der Waals surface area contributed by atoms with Gasteiger partial charge in [-0.2, -0.15) is 0 Å². The number of imidazole rings is 1. The summed E-state index contributed by atoms with van der Waals surface area (Å²) in [5.41, 5.74) is 1.32. The van der Waals surface area contributed by atoms with E-state index in [9.17, 15) is 4.79 Å². The van der Waals surface area contributed by atoms with Crippen LogP contribution in [-0.4, -0.2) is 64.6 Å². The van der Waals surface area contributed by atoms with Crippen LogP contribution in [-0.2, 0) is 11.3 Å². The molecule has 4 heterocycles. The molecule has 0 aromatic carbocycles. The van der Waals surface area contributed by atoms with Gasteiger partial charge in [0, 0.05) is 81.1 Å². The first-order valence-corrected chi connectivity index (χ1v) is 11.7. The van der Waals surface area contributed by atoms with E-state index in [2.05, 4.69) is 36.5 Å². The average molecular weight is 425 g/mol. The zero-order valence-corrected chi connectivity index (χ0v) is 17.9. The molecule has 0 spiro atoms. The van der Waals surface area contributed by atoms with Crippen molar-refractivity contribution >= 4 is 33.1 Å². The van der Waals surface area contributed by atoms with Crippen molar-refractivity contribution in [2.45, 2.75) is 19.4 Å². The monoisotopic (exact) mass is 424 g/mol. The van der Waals surface area contributed by atoms with E-state index in [4.69, 9.17) is 0 Å². The molecule has 1 aliphatic heterocycles. The number of pyridine rings is 1. The standard InChI is InChI=1S/C22H28N6OS/c29-21(24-5-2-7-27-8-6-23-16-27)19-13-17(19)14-26-9-11-28(12-10-26)20-15-30-22-18(20)3-1-4-25-22/h1,3-4,6,8,15-17,19H,2,5,7,9-14H2,(H,24,29)/t17-,19?/m0/s1. The van der Waals surface area contributed by atoms with E-state index in [1.165, 1.54) is 11.1 Å². The molecular formula is C22H28N6OS. The number of nitrogens with one attached hydrogen (secondary N) is 1. The summed E-state index contributed by atoms with van der Waals surface area (Å²) in [6, 6.07) is 4.19. The van der Waals surface area contributed by atoms with Gasteiger partial charge in [0.1, 0.15) is 4.83 Å². The molecular weight excluding hydrogens is 396 g/mol. The van der Waals surface area contributed by atoms with E-state index in [-0.39, 0.29) is 11.8 Å². The topological polar surface area (TPSA) is 66.3 Å². The minimum Gasteiger partial charge on any atom is -0.368 e. The Kier molecular flexibility index (Phi) is 5.68. The lowest BCUT2D eigenvalue weighted by Crippen LogP contribution is -2.47. The van der Waals surface area contributed by atoms with Crippen LogP contribution in [0.15, 0.2) is 42.4 Å². The Labute approximate surface area is 180 Å². The Morgan fingerprint density at radius 3 is 2.97 bits per heavy atom. The summed E-state index contributed by atoms with van der Waals surface area (Å²) >= 11 is 1.72. The smallest absolute Gasteiger partial charge is 0.223 e. The number of fused-ring (bicyclic) bond motifs is 1. The van der Waals surface area contributed by atoms with Gasteiger partial charge in [0.2, 0.25) is 5.91 Å². The number of piperazine rings is 1. The van der Waals surface area contributed by atoms with Crippen LogP contribution in [0.3, 0.4) is 0 Å². The van der Waals surface area contributed by atoms with Gasteiger partial charge in [0.15, 0.2) is 0 Å². The molecule has 1 saturated carbocycles. The normalized spacial score (nSPS) is 21.8. The third-order valence-corrected chi connectivity index (χ3v) is 7.14. The average Bonchev–Trinajstić information content (AvgIpc) is 3.16. The second-order valence-corrected chi connectivity index (χ2v) is 9.17. The predicted octanol–water partition coefficient (Wildman–Crippen LogP) is 2.46. The SMILES string of the molecule is O=C(NCCCn1ccnc1)C1C[C@H]1CN1CCN(c2csc3ncccc23)CC1. The Bertz CT molecular complexity index is 979. The second-order valence-electron chi connectivity index (χ2n) is 8.31. The Morgan fingerprint density at radius 2 is 2.13 bits per heavy atom. The lowest BCUT2D eigenvalue weighted by molar-refractivity contribution is -0.122. The molecule has 0 bridgehead atoms. The number of aromatic nitrogens is 3. The molecule has 158 valence electrons. The minimum atomic E-state index is 0.211. The van der Waals surface area contributed by atoms with Crippen molar-refractivity contribution in [1.82, 2.24) is 24.8 Å². The number of carbonyl (C=O) groups excluding carboxylic acids is 1. The largest absolute Gasteiger partial charge is 0.368 e. The number of aryl methyl sites for hydroxylation is 1. The number of rotatable bonds is 8. The van der Waals surface area contributed by atoms with Crippen LogP contribution < -0.4 is 10.2 Å². The van der Waals surface area contributed by atoms with E-state index in [1.54, 1.807) is 17.5 Å². The van der Waals surface area contributed by atoms with Crippen LogP contribution in [0.2, 0.25) is 0 Å². The van der Waals surface area contributed by atoms with Crippen molar-refractivity contribution in [3.8, 4) is 0 Å². The lowest BCUT2D eigenvalue weighted by Gasteiger charge is -2.36. The molecule has 3 aromatic heterocycles. The van der Waals surface area contributed by atoms with Crippen molar-refractivity contribution in [3.05, 3.63) is 42.4 Å². The zero-order valence-electron chi connectivity index (χ0n) is 17.1. The number of thiophene rings is 1. The fourth-order valence-electron chi connectivity index (χ4n) is 4.40. The fourth-order valence-corrected chi connectivity index (χ4v) is 5.32. The highest BCUT2D eigenvalue weighted by molar-refractivity contribution is 7.17. The first-order chi connectivity index (χ1) is 14.8. The number of hydrogen-bond donors (Lipinski definition) is 1. The van der Waals surface area contributed by atoms with Crippen LogP contribution in [0, 0.1) is 11.8 Å². The molecule has 30 heavy (non-hydrogen) atoms. The van der Waals surface area contributed by atoms with E-state index in [1.807, 2.05) is 29.4 Å². The molecule has 1 saturated heterocycles. The third-order valence-electron chi connectivity index (χ3n) is 6.25. The molecule has 7 nitrogen and oxygen atoms in total. The highest BCUT2D eigenvalue weighted by Gasteiger charge is 2.43. The summed E-state index contributed by atoms with van der Waals surface area (Å²) in [6.07, 6.45) is 9.39. The van der Waals surface area contributed by atoms with Crippen LogP contribution in [0.25, 0.3) is 10.2 Å². The molecule has 2 atom stereocenters. The lowest BCUT2D eigenvalue weighted by atomic mass is 10.2. The summed E-state index contributed by atoms with van der Waals surface area (Å²) in [6.45, 7) is 6.89. The summed E-state index contributed by atoms with van der Waals surface area (Å²) in [4.78, 5) is 27.0. The quantitative estimate of drug-likeness (QED) is 0.563. The molecule has 0 radical (unpaired) electrons. The van der Waals surface area contributed by atoms with Gasteiger partial charge in [-0.15, -0.1) is 11.3 Å². The van der Waals surface area contributed by atoms with Crippen molar-refractivity contribution in [3.63, 3.8) is 0 Å². The van der Waals surface area contributed by atoms with Crippen LogP contribution in [0.1, 0.15) is 12.8 Å². The van der Waals surface area contributed by atoms with Crippen LogP contribution >= 0.6 is 11.3 Å². The maximum Gasteiger partial charge on any atom is 0.223 e. The first kappa shape index (κ1) is 19.5. The van der Waals surface area contributed by atoms with Crippen molar-refractivity contribution in [1.29, 1.82) is 0 Å². The van der Waals surface area contributed by atoms with Gasteiger partial charge in [-0.05, 0) is 30.9 Å². The number of anilines is 1. The number of carbonyl (C=O) groups is 1. The van der Waals surface area contributed by atoms with E-state index >= 15 is 0 Å². The van der Waals surface area contributed by atoms with Crippen molar-refractivity contribution in [2.24, 2.45) is 11.8 Å². The molecule has 8 heteroatoms. The van der Waals surface area contributed by atoms with E-state index in [0.717, 1.165) is 63.5 Å². The summed E-state index contributed by atoms with van der Waals surface area (Å²) in [7, 11) is 0. The Hall–Kier alpha value is -2.45. The van der Waals surface area contributed by atoms with Gasteiger partial charge >= 0.3 is 0 Å². The highest BCUT2D eigenvalue weighted by Crippen LogP contribution is 2.39. The Morgan fingerprint density at radius 1 is 1.23 bits per heavy atom. The van der Waals surface area contributed by atoms with Gasteiger partial charge < -0.3 is 14.8 Å². The Balaban J connectivity index is 1.03. The van der Waals surface area contributed by atoms with E-state index < -0.39 is 0 Å². The molecule has 3 aromatic rings. The number of hydrogen-bond acceptors (Lipinski definition) is 6. The van der Waals surface area contributed by atoms with Gasteiger partial charge in [0.25, 0.3) is 0 Å². The summed E-state index contributed by atoms with van der Waals surface area (Å²) < 4.78 is 2.04. The molecule has 5 rings (SSSR count). The van der Waals surface area contributed by atoms with E-state index in [0.29, 0.717) is 5.92 Å². The maximum absolute atomic E-state index is 12.4. The van der Waals surface area contributed by atoms with Gasteiger partial charge in [-0.25, -0.2) is 9.97 Å². The fraction of sp³-hybridized carbons (Fsp3) is 0.500. The maximum atomic E-state index is 12.4.